The molecule has 2 N–H and O–H groups in total. The van der Waals surface area contributed by atoms with Crippen molar-refractivity contribution in [1.29, 1.82) is 0 Å². The summed E-state index contributed by atoms with van der Waals surface area (Å²) in [4.78, 5) is 4.37. The third kappa shape index (κ3) is 1.79. The molecule has 1 aliphatic heterocycles. The van der Waals surface area contributed by atoms with Crippen LogP contribution in [0.15, 0.2) is 41.6 Å². The van der Waals surface area contributed by atoms with Gasteiger partial charge in [-0.2, -0.15) is 5.43 Å². The van der Waals surface area contributed by atoms with Crippen molar-refractivity contribution in [1.82, 2.24) is 4.98 Å². The summed E-state index contributed by atoms with van der Waals surface area (Å²) in [5, 5.41) is 4.08. The topological polar surface area (TPSA) is 51.1 Å². The van der Waals surface area contributed by atoms with Gasteiger partial charge in [0, 0.05) is 17.8 Å². The molecule has 0 unspecified atom stereocenters. The van der Waals surface area contributed by atoms with Crippen molar-refractivity contribution in [3.8, 4) is 16.9 Å². The molecule has 1 aromatic heterocycles. The standard InChI is InChI=1S/C13H11N3O/c1-17-11-4-2-9(3-5-11)10-6-12-13(14-7-10)8-15-16-12/h2-8H,1H3,(H,15,16)/p+1. The average Bonchev–Trinajstić information content (AvgIpc) is 2.86. The Morgan fingerprint density at radius 3 is 2.71 bits per heavy atom. The first-order chi connectivity index (χ1) is 8.36. The van der Waals surface area contributed by atoms with Crippen LogP contribution in [0.4, 0.5) is 5.69 Å². The highest BCUT2D eigenvalue weighted by Gasteiger charge is 2.13. The van der Waals surface area contributed by atoms with Gasteiger partial charge in [-0.15, -0.1) is 0 Å². The molecule has 0 amide bonds. The average molecular weight is 226 g/mol. The van der Waals surface area contributed by atoms with Crippen molar-refractivity contribution < 1.29 is 10.2 Å². The smallest absolute Gasteiger partial charge is 0.184 e. The molecule has 0 saturated heterocycles. The van der Waals surface area contributed by atoms with Gasteiger partial charge in [-0.3, -0.25) is 0 Å². The van der Waals surface area contributed by atoms with E-state index in [9.17, 15) is 0 Å². The number of rotatable bonds is 2. The predicted octanol–water partition coefficient (Wildman–Crippen LogP) is 1.30. The Kier molecular flexibility index (Phi) is 2.34. The van der Waals surface area contributed by atoms with Gasteiger partial charge in [0.25, 0.3) is 0 Å². The molecule has 2 heterocycles. The Balaban J connectivity index is 1.98. The molecule has 1 aliphatic rings. The van der Waals surface area contributed by atoms with Crippen LogP contribution in [0.5, 0.6) is 5.75 Å². The van der Waals surface area contributed by atoms with Crippen LogP contribution in [-0.2, 0) is 0 Å². The first-order valence-electron chi connectivity index (χ1n) is 5.38. The number of hydrogen-bond acceptors (Lipinski definition) is 3. The maximum absolute atomic E-state index is 5.14. The summed E-state index contributed by atoms with van der Waals surface area (Å²) in [6.45, 7) is 0. The molecule has 0 aliphatic carbocycles. The van der Waals surface area contributed by atoms with Gasteiger partial charge in [0.2, 0.25) is 0 Å². The second-order valence-electron chi connectivity index (χ2n) is 3.83. The lowest BCUT2D eigenvalue weighted by Gasteiger charge is -2.03. The fourth-order valence-electron chi connectivity index (χ4n) is 1.83. The molecule has 0 spiro atoms. The number of methoxy groups -OCH3 is 1. The second kappa shape index (κ2) is 3.99. The molecule has 0 saturated carbocycles. The van der Waals surface area contributed by atoms with Crippen LogP contribution >= 0.6 is 0 Å². The van der Waals surface area contributed by atoms with E-state index in [1.165, 1.54) is 0 Å². The van der Waals surface area contributed by atoms with Crippen LogP contribution in [0.2, 0.25) is 0 Å². The zero-order valence-corrected chi connectivity index (χ0v) is 9.42. The van der Waals surface area contributed by atoms with Crippen LogP contribution in [0, 0.1) is 0 Å². The number of nitrogens with two attached hydrogens (primary N) is 1. The van der Waals surface area contributed by atoms with E-state index in [-0.39, 0.29) is 0 Å². The van der Waals surface area contributed by atoms with E-state index in [1.54, 1.807) is 13.3 Å². The van der Waals surface area contributed by atoms with Crippen molar-refractivity contribution in [2.24, 2.45) is 5.10 Å². The molecule has 17 heavy (non-hydrogen) atoms. The van der Waals surface area contributed by atoms with Gasteiger partial charge in [-0.05, 0) is 17.7 Å². The third-order valence-electron chi connectivity index (χ3n) is 2.78. The number of nitrogens with zero attached hydrogens (tertiary/aromatic N) is 2. The molecule has 0 fully saturated rings. The second-order valence-corrected chi connectivity index (χ2v) is 3.83. The van der Waals surface area contributed by atoms with E-state index in [1.807, 2.05) is 35.9 Å². The molecule has 3 rings (SSSR count). The van der Waals surface area contributed by atoms with E-state index in [2.05, 4.69) is 16.2 Å². The minimum atomic E-state index is 0.859. The number of hydrogen-bond donors (Lipinski definition) is 1. The fraction of sp³-hybridized carbons (Fsp3) is 0.0769. The molecule has 0 atom stereocenters. The minimum absolute atomic E-state index is 0.859. The third-order valence-corrected chi connectivity index (χ3v) is 2.78. The summed E-state index contributed by atoms with van der Waals surface area (Å²) < 4.78 is 5.14. The monoisotopic (exact) mass is 226 g/mol. The molecule has 0 bridgehead atoms. The Hall–Kier alpha value is -2.20. The van der Waals surface area contributed by atoms with Crippen molar-refractivity contribution in [2.75, 3.05) is 7.11 Å². The first-order valence-corrected chi connectivity index (χ1v) is 5.38. The SMILES string of the molecule is COc1ccc(-c2cnc3c(c2)[NH2+]N=C3)cc1. The van der Waals surface area contributed by atoms with Gasteiger partial charge in [0.1, 0.15) is 17.7 Å². The van der Waals surface area contributed by atoms with Crippen molar-refractivity contribution in [3.05, 3.63) is 42.2 Å². The zero-order chi connectivity index (χ0) is 11.7. The van der Waals surface area contributed by atoms with Gasteiger partial charge in [-0.25, -0.2) is 4.98 Å². The highest BCUT2D eigenvalue weighted by Crippen LogP contribution is 2.24. The highest BCUT2D eigenvalue weighted by atomic mass is 16.5. The van der Waals surface area contributed by atoms with Crippen LogP contribution in [0.3, 0.4) is 0 Å². The number of fused-ring (bicyclic) bond motifs is 1. The fourth-order valence-corrected chi connectivity index (χ4v) is 1.83. The Labute approximate surface area is 99.0 Å². The van der Waals surface area contributed by atoms with Gasteiger partial charge < -0.3 is 4.74 Å². The molecule has 2 aromatic rings. The van der Waals surface area contributed by atoms with Crippen LogP contribution in [0.25, 0.3) is 11.1 Å². The number of pyridine rings is 1. The zero-order valence-electron chi connectivity index (χ0n) is 9.42. The summed E-state index contributed by atoms with van der Waals surface area (Å²) >= 11 is 0. The number of aromatic nitrogens is 1. The molecule has 84 valence electrons. The van der Waals surface area contributed by atoms with E-state index in [0.29, 0.717) is 0 Å². The molecular formula is C13H12N3O+. The van der Waals surface area contributed by atoms with Crippen LogP contribution in [-0.4, -0.2) is 18.3 Å². The maximum atomic E-state index is 5.14. The van der Waals surface area contributed by atoms with Gasteiger partial charge >= 0.3 is 0 Å². The van der Waals surface area contributed by atoms with E-state index in [4.69, 9.17) is 4.74 Å². The molecule has 1 aromatic carbocycles. The Bertz CT molecular complexity index is 576. The largest absolute Gasteiger partial charge is 0.497 e. The lowest BCUT2D eigenvalue weighted by molar-refractivity contribution is -0.573. The lowest BCUT2D eigenvalue weighted by Crippen LogP contribution is -2.69. The molecular weight excluding hydrogens is 214 g/mol. The maximum Gasteiger partial charge on any atom is 0.184 e. The van der Waals surface area contributed by atoms with Gasteiger partial charge in [0.15, 0.2) is 5.69 Å². The van der Waals surface area contributed by atoms with Gasteiger partial charge in [0.05, 0.1) is 7.11 Å². The number of benzene rings is 1. The van der Waals surface area contributed by atoms with Gasteiger partial charge in [-0.1, -0.05) is 17.2 Å². The predicted molar refractivity (Wildman–Crippen MR) is 65.4 cm³/mol. The summed E-state index contributed by atoms with van der Waals surface area (Å²) in [5.41, 5.74) is 6.05. The number of quaternary nitrogens is 1. The quantitative estimate of drug-likeness (QED) is 0.785. The minimum Gasteiger partial charge on any atom is -0.497 e. The van der Waals surface area contributed by atoms with Crippen molar-refractivity contribution >= 4 is 11.9 Å². The molecule has 4 heteroatoms. The molecule has 0 radical (unpaired) electrons. The summed E-state index contributed by atoms with van der Waals surface area (Å²) in [6, 6.07) is 10.0. The summed E-state index contributed by atoms with van der Waals surface area (Å²) in [5.74, 6) is 0.859. The van der Waals surface area contributed by atoms with Crippen molar-refractivity contribution in [2.45, 2.75) is 0 Å². The first kappa shape index (κ1) is 9.99. The van der Waals surface area contributed by atoms with Crippen LogP contribution in [0.1, 0.15) is 5.69 Å². The summed E-state index contributed by atoms with van der Waals surface area (Å²) in [6.07, 6.45) is 3.64. The highest BCUT2D eigenvalue weighted by molar-refractivity contribution is 5.85. The Morgan fingerprint density at radius 1 is 1.12 bits per heavy atom. The summed E-state index contributed by atoms with van der Waals surface area (Å²) in [7, 11) is 1.66. The lowest BCUT2D eigenvalue weighted by atomic mass is 10.1. The van der Waals surface area contributed by atoms with Crippen LogP contribution < -0.4 is 10.2 Å². The molecule has 4 nitrogen and oxygen atoms in total. The van der Waals surface area contributed by atoms with E-state index in [0.717, 1.165) is 28.3 Å². The van der Waals surface area contributed by atoms with E-state index >= 15 is 0 Å². The van der Waals surface area contributed by atoms with Crippen molar-refractivity contribution in [3.63, 3.8) is 0 Å². The van der Waals surface area contributed by atoms with E-state index < -0.39 is 0 Å². The number of ether oxygens (including phenoxy) is 1. The normalized spacial score (nSPS) is 12.5. The Morgan fingerprint density at radius 2 is 1.94 bits per heavy atom.